The molecule has 23 heavy (non-hydrogen) atoms. The lowest BCUT2D eigenvalue weighted by Crippen LogP contribution is -2.40. The van der Waals surface area contributed by atoms with Crippen LogP contribution in [0.25, 0.3) is 0 Å². The van der Waals surface area contributed by atoms with Gasteiger partial charge >= 0.3 is 0 Å². The Labute approximate surface area is 144 Å². The van der Waals surface area contributed by atoms with Crippen LogP contribution in [0.5, 0.6) is 0 Å². The molecule has 1 N–H and O–H groups in total. The fourth-order valence-corrected chi connectivity index (χ4v) is 4.22. The van der Waals surface area contributed by atoms with Gasteiger partial charge in [0.25, 0.3) is 0 Å². The molecule has 1 unspecified atom stereocenters. The molecule has 2 rings (SSSR count). The Hall–Kier alpha value is -1.44. The van der Waals surface area contributed by atoms with Crippen LogP contribution < -0.4 is 9.62 Å². The molecular weight excluding hydrogens is 383 g/mol. The topological polar surface area (TPSA) is 49.4 Å². The Kier molecular flexibility index (Phi) is 5.78. The van der Waals surface area contributed by atoms with Crippen molar-refractivity contribution in [2.75, 3.05) is 18.5 Å². The third-order valence-electron chi connectivity index (χ3n) is 3.58. The number of halogens is 2. The molecule has 0 saturated carbocycles. The average molecular weight is 401 g/mol. The quantitative estimate of drug-likeness (QED) is 0.808. The molecule has 2 aromatic rings. The first-order valence-electron chi connectivity index (χ1n) is 7.04. The number of sulfonamides is 1. The predicted molar refractivity (Wildman–Crippen MR) is 93.6 cm³/mol. The van der Waals surface area contributed by atoms with Crippen LogP contribution in [0.15, 0.2) is 57.9 Å². The van der Waals surface area contributed by atoms with Crippen molar-refractivity contribution in [3.63, 3.8) is 0 Å². The van der Waals surface area contributed by atoms with Crippen molar-refractivity contribution < 1.29 is 12.8 Å². The molecule has 1 atom stereocenters. The summed E-state index contributed by atoms with van der Waals surface area (Å²) in [6.45, 7) is 2.16. The Balaban J connectivity index is 2.07. The molecule has 2 aromatic carbocycles. The van der Waals surface area contributed by atoms with Crippen molar-refractivity contribution >= 4 is 31.6 Å². The number of nitrogens with one attached hydrogen (secondary N) is 1. The highest BCUT2D eigenvalue weighted by Gasteiger charge is 2.20. The van der Waals surface area contributed by atoms with Gasteiger partial charge in [0, 0.05) is 29.8 Å². The summed E-state index contributed by atoms with van der Waals surface area (Å²) in [5, 5.41) is 0. The summed E-state index contributed by atoms with van der Waals surface area (Å²) < 4.78 is 40.5. The number of likely N-dealkylation sites (N-methyl/N-ethyl adjacent to an activating group) is 1. The van der Waals surface area contributed by atoms with Gasteiger partial charge in [0.1, 0.15) is 5.82 Å². The van der Waals surface area contributed by atoms with Crippen molar-refractivity contribution in [2.24, 2.45) is 0 Å². The van der Waals surface area contributed by atoms with Gasteiger partial charge < -0.3 is 4.90 Å². The van der Waals surface area contributed by atoms with Crippen molar-refractivity contribution in [2.45, 2.75) is 17.9 Å². The fourth-order valence-electron chi connectivity index (χ4n) is 2.06. The number of benzene rings is 2. The molecular formula is C16H18BrFN2O2S. The maximum absolute atomic E-state index is 13.1. The summed E-state index contributed by atoms with van der Waals surface area (Å²) in [4.78, 5) is 2.01. The number of nitrogens with zero attached hydrogens (tertiary/aromatic N) is 1. The van der Waals surface area contributed by atoms with Gasteiger partial charge in [0.05, 0.1) is 4.90 Å². The highest BCUT2D eigenvalue weighted by atomic mass is 79.9. The molecule has 0 bridgehead atoms. The summed E-state index contributed by atoms with van der Waals surface area (Å²) in [5.74, 6) is -0.493. The largest absolute Gasteiger partial charge is 0.371 e. The minimum absolute atomic E-state index is 0.0217. The summed E-state index contributed by atoms with van der Waals surface area (Å²) >= 11 is 3.09. The maximum atomic E-state index is 13.1. The van der Waals surface area contributed by atoms with Crippen LogP contribution in [-0.4, -0.2) is 28.1 Å². The van der Waals surface area contributed by atoms with Gasteiger partial charge in [0.2, 0.25) is 10.0 Å². The lowest BCUT2D eigenvalue weighted by molar-refractivity contribution is 0.568. The van der Waals surface area contributed by atoms with Gasteiger partial charge in [-0.2, -0.15) is 0 Å². The molecule has 4 nitrogen and oxygen atoms in total. The van der Waals surface area contributed by atoms with Crippen molar-refractivity contribution in [1.29, 1.82) is 0 Å². The summed E-state index contributed by atoms with van der Waals surface area (Å²) in [5.41, 5.74) is 1.00. The first kappa shape index (κ1) is 17.9. The van der Waals surface area contributed by atoms with Crippen LogP contribution in [0.4, 0.5) is 10.1 Å². The normalized spacial score (nSPS) is 12.9. The third-order valence-corrected chi connectivity index (χ3v) is 5.98. The van der Waals surface area contributed by atoms with Crippen molar-refractivity contribution in [3.05, 3.63) is 58.8 Å². The van der Waals surface area contributed by atoms with Crippen LogP contribution in [0.2, 0.25) is 0 Å². The fraction of sp³-hybridized carbons (Fsp3) is 0.250. The zero-order valence-electron chi connectivity index (χ0n) is 12.8. The van der Waals surface area contributed by atoms with Gasteiger partial charge in [-0.05, 0) is 53.2 Å². The van der Waals surface area contributed by atoms with E-state index in [1.807, 2.05) is 49.2 Å². The first-order valence-corrected chi connectivity index (χ1v) is 9.31. The van der Waals surface area contributed by atoms with E-state index in [0.29, 0.717) is 0 Å². The molecule has 0 fully saturated rings. The molecule has 0 saturated heterocycles. The summed E-state index contributed by atoms with van der Waals surface area (Å²) in [7, 11) is -1.80. The molecule has 0 amide bonds. The SMILES string of the molecule is CC(CNS(=O)(=O)c1ccc(F)cc1Br)N(C)c1ccccc1. The Bertz CT molecular complexity index is 769. The van der Waals surface area contributed by atoms with Crippen LogP contribution in [0, 0.1) is 5.82 Å². The smallest absolute Gasteiger partial charge is 0.241 e. The van der Waals surface area contributed by atoms with E-state index in [2.05, 4.69) is 20.7 Å². The summed E-state index contributed by atoms with van der Waals surface area (Å²) in [6.07, 6.45) is 0. The van der Waals surface area contributed by atoms with E-state index in [1.54, 1.807) is 0 Å². The average Bonchev–Trinajstić information content (AvgIpc) is 2.52. The lowest BCUT2D eigenvalue weighted by Gasteiger charge is -2.27. The number of para-hydroxylation sites is 1. The van der Waals surface area contributed by atoms with Crippen LogP contribution in [-0.2, 0) is 10.0 Å². The minimum Gasteiger partial charge on any atom is -0.371 e. The summed E-state index contributed by atoms with van der Waals surface area (Å²) in [6, 6.07) is 13.2. The molecule has 0 spiro atoms. The van der Waals surface area contributed by atoms with Crippen molar-refractivity contribution in [1.82, 2.24) is 4.72 Å². The van der Waals surface area contributed by atoms with Gasteiger partial charge in [-0.1, -0.05) is 18.2 Å². The number of hydrogen-bond acceptors (Lipinski definition) is 3. The maximum Gasteiger partial charge on any atom is 0.241 e. The van der Waals surface area contributed by atoms with E-state index < -0.39 is 15.8 Å². The molecule has 124 valence electrons. The molecule has 0 aliphatic heterocycles. The van der Waals surface area contributed by atoms with E-state index in [4.69, 9.17) is 0 Å². The number of anilines is 1. The van der Waals surface area contributed by atoms with Gasteiger partial charge in [-0.25, -0.2) is 17.5 Å². The van der Waals surface area contributed by atoms with Crippen LogP contribution in [0.3, 0.4) is 0 Å². The van der Waals surface area contributed by atoms with E-state index in [1.165, 1.54) is 6.07 Å². The second-order valence-corrected chi connectivity index (χ2v) is 7.81. The van der Waals surface area contributed by atoms with Crippen LogP contribution >= 0.6 is 15.9 Å². The second-order valence-electron chi connectivity index (χ2n) is 5.22. The first-order chi connectivity index (χ1) is 10.8. The zero-order chi connectivity index (χ0) is 17.0. The van der Waals surface area contributed by atoms with E-state index >= 15 is 0 Å². The Morgan fingerprint density at radius 3 is 2.48 bits per heavy atom. The zero-order valence-corrected chi connectivity index (χ0v) is 15.2. The number of rotatable bonds is 6. The van der Waals surface area contributed by atoms with E-state index in [0.717, 1.165) is 17.8 Å². The molecule has 7 heteroatoms. The third kappa shape index (κ3) is 4.53. The van der Waals surface area contributed by atoms with Crippen LogP contribution in [0.1, 0.15) is 6.92 Å². The Morgan fingerprint density at radius 1 is 1.22 bits per heavy atom. The molecule has 0 aliphatic carbocycles. The van der Waals surface area contributed by atoms with Gasteiger partial charge in [0.15, 0.2) is 0 Å². The second kappa shape index (κ2) is 7.42. The molecule has 0 radical (unpaired) electrons. The highest BCUT2D eigenvalue weighted by molar-refractivity contribution is 9.10. The molecule has 0 heterocycles. The Morgan fingerprint density at radius 2 is 1.87 bits per heavy atom. The van der Waals surface area contributed by atoms with Gasteiger partial charge in [-0.15, -0.1) is 0 Å². The molecule has 0 aromatic heterocycles. The molecule has 0 aliphatic rings. The monoisotopic (exact) mass is 400 g/mol. The van der Waals surface area contributed by atoms with E-state index in [9.17, 15) is 12.8 Å². The van der Waals surface area contributed by atoms with Gasteiger partial charge in [-0.3, -0.25) is 0 Å². The number of hydrogen-bond donors (Lipinski definition) is 1. The predicted octanol–water partition coefficient (Wildman–Crippen LogP) is 3.39. The van der Waals surface area contributed by atoms with E-state index in [-0.39, 0.29) is 22.0 Å². The minimum atomic E-state index is -3.71. The van der Waals surface area contributed by atoms with Crippen molar-refractivity contribution in [3.8, 4) is 0 Å². The highest BCUT2D eigenvalue weighted by Crippen LogP contribution is 2.22. The standard InChI is InChI=1S/C16H18BrFN2O2S/c1-12(20(2)14-6-4-3-5-7-14)11-19-23(21,22)16-9-8-13(18)10-15(16)17/h3-10,12,19H,11H2,1-2H3. The lowest BCUT2D eigenvalue weighted by atomic mass is 10.2.